The molecule has 0 unspecified atom stereocenters. The van der Waals surface area contributed by atoms with Gasteiger partial charge in [-0.3, -0.25) is 9.59 Å². The fourth-order valence-corrected chi connectivity index (χ4v) is 1.80. The number of hydrogen-bond acceptors (Lipinski definition) is 2. The monoisotopic (exact) mass is 259 g/mol. The highest BCUT2D eigenvalue weighted by atomic mass is 16.2. The summed E-state index contributed by atoms with van der Waals surface area (Å²) in [6.45, 7) is 0.346. The van der Waals surface area contributed by atoms with Crippen LogP contribution in [0.3, 0.4) is 0 Å². The predicted octanol–water partition coefficient (Wildman–Crippen LogP) is 1.38. The number of aromatic amines is 1. The predicted molar refractivity (Wildman–Crippen MR) is 73.9 cm³/mol. The number of carbonyl (C=O) groups excluding carboxylic acids is 2. The lowest BCUT2D eigenvalue weighted by Crippen LogP contribution is -2.30. The molecule has 1 heterocycles. The number of carbonyl (C=O) groups is 2. The first-order valence-electron chi connectivity index (χ1n) is 6.13. The Morgan fingerprint density at radius 1 is 1.26 bits per heavy atom. The van der Waals surface area contributed by atoms with Crippen LogP contribution in [0.15, 0.2) is 30.5 Å². The molecule has 0 bridgehead atoms. The molecule has 0 aliphatic rings. The van der Waals surface area contributed by atoms with E-state index in [0.29, 0.717) is 18.5 Å². The van der Waals surface area contributed by atoms with Crippen LogP contribution in [0.2, 0.25) is 0 Å². The first-order chi connectivity index (χ1) is 9.08. The van der Waals surface area contributed by atoms with Gasteiger partial charge in [0.15, 0.2) is 0 Å². The minimum Gasteiger partial charge on any atom is -0.361 e. The number of fused-ring (bicyclic) bond motifs is 1. The highest BCUT2D eigenvalue weighted by Gasteiger charge is 2.08. The molecule has 0 aliphatic heterocycles. The fraction of sp³-hybridized carbons (Fsp3) is 0.286. The van der Waals surface area contributed by atoms with E-state index >= 15 is 0 Å². The van der Waals surface area contributed by atoms with E-state index in [1.165, 1.54) is 4.90 Å². The molecule has 0 atom stereocenters. The minimum absolute atomic E-state index is 0.000111. The average Bonchev–Trinajstić information content (AvgIpc) is 2.85. The van der Waals surface area contributed by atoms with Gasteiger partial charge in [-0.15, -0.1) is 0 Å². The number of aromatic nitrogens is 1. The number of benzene rings is 1. The zero-order valence-corrected chi connectivity index (χ0v) is 11.1. The Labute approximate surface area is 111 Å². The summed E-state index contributed by atoms with van der Waals surface area (Å²) in [6, 6.07) is 7.43. The molecule has 1 aromatic carbocycles. The molecule has 2 aromatic rings. The standard InChI is InChI=1S/C14H17N3O2/c1-17(2)13(18)6-8-16-14(19)11-4-3-10-5-7-15-12(10)9-11/h3-5,7,9,15H,6,8H2,1-2H3,(H,16,19). The molecule has 5 heteroatoms. The normalized spacial score (nSPS) is 10.4. The lowest BCUT2D eigenvalue weighted by molar-refractivity contribution is -0.128. The van der Waals surface area contributed by atoms with Crippen molar-refractivity contribution in [1.29, 1.82) is 0 Å². The summed E-state index contributed by atoms with van der Waals surface area (Å²) in [5.41, 5.74) is 1.52. The van der Waals surface area contributed by atoms with Crippen molar-refractivity contribution in [2.75, 3.05) is 20.6 Å². The Bertz CT molecular complexity index is 602. The van der Waals surface area contributed by atoms with E-state index in [4.69, 9.17) is 0 Å². The van der Waals surface area contributed by atoms with Crippen molar-refractivity contribution >= 4 is 22.7 Å². The zero-order valence-electron chi connectivity index (χ0n) is 11.1. The first kappa shape index (κ1) is 13.1. The molecule has 19 heavy (non-hydrogen) atoms. The van der Waals surface area contributed by atoms with Crippen LogP contribution in [0.1, 0.15) is 16.8 Å². The second kappa shape index (κ2) is 5.56. The van der Waals surface area contributed by atoms with Crippen molar-refractivity contribution in [3.8, 4) is 0 Å². The number of rotatable bonds is 4. The maximum Gasteiger partial charge on any atom is 0.251 e. The van der Waals surface area contributed by atoms with Crippen molar-refractivity contribution in [3.63, 3.8) is 0 Å². The third-order valence-corrected chi connectivity index (χ3v) is 2.94. The van der Waals surface area contributed by atoms with Crippen LogP contribution in [0.25, 0.3) is 10.9 Å². The van der Waals surface area contributed by atoms with Gasteiger partial charge in [-0.2, -0.15) is 0 Å². The van der Waals surface area contributed by atoms with Crippen LogP contribution in [-0.2, 0) is 4.79 Å². The van der Waals surface area contributed by atoms with E-state index in [0.717, 1.165) is 10.9 Å². The summed E-state index contributed by atoms with van der Waals surface area (Å²) < 4.78 is 0. The largest absolute Gasteiger partial charge is 0.361 e. The Morgan fingerprint density at radius 3 is 2.79 bits per heavy atom. The van der Waals surface area contributed by atoms with Gasteiger partial charge in [-0.25, -0.2) is 0 Å². The first-order valence-corrected chi connectivity index (χ1v) is 6.13. The van der Waals surface area contributed by atoms with E-state index in [-0.39, 0.29) is 11.8 Å². The van der Waals surface area contributed by atoms with Crippen LogP contribution in [0.5, 0.6) is 0 Å². The number of nitrogens with one attached hydrogen (secondary N) is 2. The lowest BCUT2D eigenvalue weighted by Gasteiger charge is -2.10. The van der Waals surface area contributed by atoms with Crippen molar-refractivity contribution < 1.29 is 9.59 Å². The fourth-order valence-electron chi connectivity index (χ4n) is 1.80. The van der Waals surface area contributed by atoms with Gasteiger partial charge in [0.1, 0.15) is 0 Å². The van der Waals surface area contributed by atoms with Crippen LogP contribution in [0, 0.1) is 0 Å². The SMILES string of the molecule is CN(C)C(=O)CCNC(=O)c1ccc2cc[nH]c2c1. The Morgan fingerprint density at radius 2 is 2.05 bits per heavy atom. The summed E-state index contributed by atoms with van der Waals surface area (Å²) in [6.07, 6.45) is 2.14. The summed E-state index contributed by atoms with van der Waals surface area (Å²) in [4.78, 5) is 27.9. The third kappa shape index (κ3) is 3.13. The molecule has 2 N–H and O–H groups in total. The molecule has 0 spiro atoms. The molecular weight excluding hydrogens is 242 g/mol. The van der Waals surface area contributed by atoms with Crippen LogP contribution in [-0.4, -0.2) is 42.3 Å². The van der Waals surface area contributed by atoms with Gasteiger partial charge in [0.05, 0.1) is 0 Å². The zero-order chi connectivity index (χ0) is 13.8. The summed E-state index contributed by atoms with van der Waals surface area (Å²) in [7, 11) is 3.40. The molecule has 0 saturated carbocycles. The van der Waals surface area contributed by atoms with Crippen molar-refractivity contribution in [2.24, 2.45) is 0 Å². The Kier molecular flexibility index (Phi) is 3.85. The number of amides is 2. The Hall–Kier alpha value is -2.30. The smallest absolute Gasteiger partial charge is 0.251 e. The molecular formula is C14H17N3O2. The summed E-state index contributed by atoms with van der Waals surface area (Å²) >= 11 is 0. The molecule has 0 radical (unpaired) electrons. The second-order valence-corrected chi connectivity index (χ2v) is 4.57. The maximum atomic E-state index is 11.9. The van der Waals surface area contributed by atoms with Gasteiger partial charge in [0.2, 0.25) is 5.91 Å². The van der Waals surface area contributed by atoms with E-state index in [9.17, 15) is 9.59 Å². The van der Waals surface area contributed by atoms with E-state index in [2.05, 4.69) is 10.3 Å². The van der Waals surface area contributed by atoms with Crippen molar-refractivity contribution in [2.45, 2.75) is 6.42 Å². The van der Waals surface area contributed by atoms with Gasteiger partial charge in [-0.05, 0) is 23.6 Å². The number of H-pyrrole nitrogens is 1. The summed E-state index contributed by atoms with van der Waals surface area (Å²) in [5, 5.41) is 3.81. The summed E-state index contributed by atoms with van der Waals surface area (Å²) in [5.74, 6) is -0.164. The average molecular weight is 259 g/mol. The van der Waals surface area contributed by atoms with Crippen LogP contribution in [0.4, 0.5) is 0 Å². The minimum atomic E-state index is -0.164. The highest BCUT2D eigenvalue weighted by molar-refractivity contribution is 5.98. The van der Waals surface area contributed by atoms with Gasteiger partial charge >= 0.3 is 0 Å². The van der Waals surface area contributed by atoms with E-state index in [1.807, 2.05) is 18.3 Å². The van der Waals surface area contributed by atoms with Gasteiger partial charge in [0.25, 0.3) is 5.91 Å². The second-order valence-electron chi connectivity index (χ2n) is 4.57. The third-order valence-electron chi connectivity index (χ3n) is 2.94. The van der Waals surface area contributed by atoms with Gasteiger partial charge < -0.3 is 15.2 Å². The molecule has 0 saturated heterocycles. The molecule has 0 aliphatic carbocycles. The molecule has 2 amide bonds. The number of hydrogen-bond donors (Lipinski definition) is 2. The van der Waals surface area contributed by atoms with Crippen molar-refractivity contribution in [1.82, 2.24) is 15.2 Å². The van der Waals surface area contributed by atoms with Crippen LogP contribution >= 0.6 is 0 Å². The molecule has 100 valence electrons. The molecule has 1 aromatic heterocycles. The quantitative estimate of drug-likeness (QED) is 0.871. The highest BCUT2D eigenvalue weighted by Crippen LogP contribution is 2.13. The van der Waals surface area contributed by atoms with E-state index in [1.54, 1.807) is 26.2 Å². The van der Waals surface area contributed by atoms with E-state index < -0.39 is 0 Å². The topological polar surface area (TPSA) is 65.2 Å². The van der Waals surface area contributed by atoms with Gasteiger partial charge in [0, 0.05) is 44.3 Å². The molecule has 0 fully saturated rings. The van der Waals surface area contributed by atoms with Gasteiger partial charge in [-0.1, -0.05) is 6.07 Å². The van der Waals surface area contributed by atoms with Crippen molar-refractivity contribution in [3.05, 3.63) is 36.0 Å². The molecule has 2 rings (SSSR count). The maximum absolute atomic E-state index is 11.9. The molecule has 5 nitrogen and oxygen atoms in total. The Balaban J connectivity index is 1.94. The number of nitrogens with zero attached hydrogens (tertiary/aromatic N) is 1. The van der Waals surface area contributed by atoms with Crippen LogP contribution < -0.4 is 5.32 Å². The lowest BCUT2D eigenvalue weighted by atomic mass is 10.1.